The van der Waals surface area contributed by atoms with Crippen LogP contribution in [0.1, 0.15) is 37.5 Å². The number of hydrogen-bond acceptors (Lipinski definition) is 5. The molecule has 1 aliphatic rings. The van der Waals surface area contributed by atoms with Gasteiger partial charge in [0.15, 0.2) is 0 Å². The van der Waals surface area contributed by atoms with Gasteiger partial charge in [-0.1, -0.05) is 6.07 Å². The van der Waals surface area contributed by atoms with Crippen molar-refractivity contribution in [1.29, 1.82) is 0 Å². The largest absolute Gasteiger partial charge is 0.387 e. The lowest BCUT2D eigenvalue weighted by molar-refractivity contribution is -0.133. The lowest BCUT2D eigenvalue weighted by Gasteiger charge is -2.34. The number of rotatable bonds is 6. The minimum absolute atomic E-state index is 0.166. The van der Waals surface area contributed by atoms with Crippen LogP contribution in [-0.4, -0.2) is 48.8 Å². The molecular formula is C17H23N5O2. The highest BCUT2D eigenvalue weighted by Gasteiger charge is 2.28. The summed E-state index contributed by atoms with van der Waals surface area (Å²) in [6, 6.07) is 5.59. The second-order valence-corrected chi connectivity index (χ2v) is 6.18. The Morgan fingerprint density at radius 1 is 1.33 bits per heavy atom. The quantitative estimate of drug-likeness (QED) is 0.866. The molecule has 0 radical (unpaired) electrons. The maximum Gasteiger partial charge on any atom is 0.222 e. The highest BCUT2D eigenvalue weighted by atomic mass is 16.3. The normalized spacial score (nSPS) is 17.0. The number of carbonyl (C=O) groups is 1. The Morgan fingerprint density at radius 3 is 2.83 bits per heavy atom. The predicted octanol–water partition coefficient (Wildman–Crippen LogP) is 1.43. The Bertz CT molecular complexity index is 624. The number of hydrogen-bond donors (Lipinski definition) is 1. The van der Waals surface area contributed by atoms with E-state index in [1.165, 1.54) is 6.33 Å². The summed E-state index contributed by atoms with van der Waals surface area (Å²) < 4.78 is 1.74. The van der Waals surface area contributed by atoms with Crippen LogP contribution >= 0.6 is 0 Å². The number of aryl methyl sites for hydroxylation is 1. The molecule has 7 nitrogen and oxygen atoms in total. The van der Waals surface area contributed by atoms with E-state index < -0.39 is 6.10 Å². The molecule has 0 saturated carbocycles. The van der Waals surface area contributed by atoms with Gasteiger partial charge in [0.05, 0.1) is 11.8 Å². The van der Waals surface area contributed by atoms with Crippen LogP contribution in [0.3, 0.4) is 0 Å². The first-order valence-corrected chi connectivity index (χ1v) is 8.43. The standard InChI is InChI=1S/C17H23N5O2/c23-16(5-3-9-22-13-18-12-20-22)21-10-6-14(7-11-21)17(24)15-4-1-2-8-19-15/h1-2,4,8,12-14,17,24H,3,5-7,9-11H2. The number of aliphatic hydroxyl groups is 1. The summed E-state index contributed by atoms with van der Waals surface area (Å²) in [5.74, 6) is 0.347. The van der Waals surface area contributed by atoms with E-state index in [1.807, 2.05) is 23.1 Å². The predicted molar refractivity (Wildman–Crippen MR) is 87.8 cm³/mol. The molecule has 1 unspecified atom stereocenters. The molecule has 1 saturated heterocycles. The molecule has 1 atom stereocenters. The summed E-state index contributed by atoms with van der Waals surface area (Å²) in [5, 5.41) is 14.5. The summed E-state index contributed by atoms with van der Waals surface area (Å²) in [7, 11) is 0. The Kier molecular flexibility index (Phi) is 5.53. The zero-order valence-electron chi connectivity index (χ0n) is 13.7. The van der Waals surface area contributed by atoms with Gasteiger partial charge in [-0.05, 0) is 37.3 Å². The third-order valence-electron chi connectivity index (χ3n) is 4.57. The smallest absolute Gasteiger partial charge is 0.222 e. The highest BCUT2D eigenvalue weighted by molar-refractivity contribution is 5.76. The summed E-state index contributed by atoms with van der Waals surface area (Å²) in [4.78, 5) is 22.3. The molecule has 3 heterocycles. The van der Waals surface area contributed by atoms with Crippen molar-refractivity contribution in [1.82, 2.24) is 24.6 Å². The Balaban J connectivity index is 1.42. The lowest BCUT2D eigenvalue weighted by atomic mass is 9.89. The second kappa shape index (κ2) is 8.01. The first-order chi connectivity index (χ1) is 11.7. The molecule has 1 aliphatic heterocycles. The van der Waals surface area contributed by atoms with Crippen molar-refractivity contribution in [3.05, 3.63) is 42.7 Å². The van der Waals surface area contributed by atoms with Gasteiger partial charge in [0.1, 0.15) is 12.7 Å². The van der Waals surface area contributed by atoms with Gasteiger partial charge in [0.2, 0.25) is 5.91 Å². The summed E-state index contributed by atoms with van der Waals surface area (Å²) in [6.45, 7) is 2.12. The Hall–Kier alpha value is -2.28. The van der Waals surface area contributed by atoms with Crippen LogP contribution in [0.5, 0.6) is 0 Å². The van der Waals surface area contributed by atoms with Crippen LogP contribution in [0.2, 0.25) is 0 Å². The van der Waals surface area contributed by atoms with Crippen molar-refractivity contribution in [2.75, 3.05) is 13.1 Å². The van der Waals surface area contributed by atoms with Crippen molar-refractivity contribution in [2.24, 2.45) is 5.92 Å². The number of piperidine rings is 1. The van der Waals surface area contributed by atoms with E-state index in [0.29, 0.717) is 26.1 Å². The molecule has 128 valence electrons. The number of nitrogens with zero attached hydrogens (tertiary/aromatic N) is 5. The van der Waals surface area contributed by atoms with Gasteiger partial charge in [0, 0.05) is 32.3 Å². The van der Waals surface area contributed by atoms with Crippen molar-refractivity contribution in [3.8, 4) is 0 Å². The number of carbonyl (C=O) groups excluding carboxylic acids is 1. The minimum Gasteiger partial charge on any atom is -0.387 e. The number of pyridine rings is 1. The Labute approximate surface area is 141 Å². The van der Waals surface area contributed by atoms with E-state index in [2.05, 4.69) is 15.1 Å². The topological polar surface area (TPSA) is 84.1 Å². The van der Waals surface area contributed by atoms with Crippen LogP contribution in [0.4, 0.5) is 0 Å². The molecule has 0 aromatic carbocycles. The highest BCUT2D eigenvalue weighted by Crippen LogP contribution is 2.29. The average molecular weight is 329 g/mol. The average Bonchev–Trinajstić information content (AvgIpc) is 3.15. The van der Waals surface area contributed by atoms with E-state index in [9.17, 15) is 9.90 Å². The van der Waals surface area contributed by atoms with Gasteiger partial charge in [-0.2, -0.15) is 5.10 Å². The van der Waals surface area contributed by atoms with Crippen molar-refractivity contribution in [3.63, 3.8) is 0 Å². The maximum atomic E-state index is 12.3. The minimum atomic E-state index is -0.546. The number of likely N-dealkylation sites (tertiary alicyclic amines) is 1. The third kappa shape index (κ3) is 4.17. The first-order valence-electron chi connectivity index (χ1n) is 8.43. The van der Waals surface area contributed by atoms with E-state index in [4.69, 9.17) is 0 Å². The van der Waals surface area contributed by atoms with Crippen LogP contribution < -0.4 is 0 Å². The first kappa shape index (κ1) is 16.6. The second-order valence-electron chi connectivity index (χ2n) is 6.18. The molecule has 0 bridgehead atoms. The zero-order valence-corrected chi connectivity index (χ0v) is 13.7. The fourth-order valence-corrected chi connectivity index (χ4v) is 3.16. The van der Waals surface area contributed by atoms with Crippen LogP contribution in [0.25, 0.3) is 0 Å². The SMILES string of the molecule is O=C(CCCn1cncn1)N1CCC(C(O)c2ccccn2)CC1. The fraction of sp³-hybridized carbons (Fsp3) is 0.529. The molecule has 0 spiro atoms. The molecule has 0 aliphatic carbocycles. The maximum absolute atomic E-state index is 12.3. The van der Waals surface area contributed by atoms with Crippen molar-refractivity contribution in [2.45, 2.75) is 38.3 Å². The van der Waals surface area contributed by atoms with E-state index in [1.54, 1.807) is 17.2 Å². The van der Waals surface area contributed by atoms with E-state index >= 15 is 0 Å². The van der Waals surface area contributed by atoms with Crippen molar-refractivity contribution >= 4 is 5.91 Å². The lowest BCUT2D eigenvalue weighted by Crippen LogP contribution is -2.39. The molecule has 1 fully saturated rings. The molecule has 3 rings (SSSR count). The summed E-state index contributed by atoms with van der Waals surface area (Å²) in [6.07, 6.45) is 7.22. The fourth-order valence-electron chi connectivity index (χ4n) is 3.16. The van der Waals surface area contributed by atoms with Gasteiger partial charge >= 0.3 is 0 Å². The molecule has 2 aromatic heterocycles. The summed E-state index contributed by atoms with van der Waals surface area (Å²) in [5.41, 5.74) is 0.718. The van der Waals surface area contributed by atoms with Gasteiger partial charge in [-0.3, -0.25) is 14.5 Å². The van der Waals surface area contributed by atoms with E-state index in [-0.39, 0.29) is 11.8 Å². The molecule has 24 heavy (non-hydrogen) atoms. The molecule has 7 heteroatoms. The molecule has 1 amide bonds. The summed E-state index contributed by atoms with van der Waals surface area (Å²) >= 11 is 0. The number of aromatic nitrogens is 4. The third-order valence-corrected chi connectivity index (χ3v) is 4.57. The zero-order chi connectivity index (χ0) is 16.8. The van der Waals surface area contributed by atoms with Crippen LogP contribution in [-0.2, 0) is 11.3 Å². The molecular weight excluding hydrogens is 306 g/mol. The molecule has 2 aromatic rings. The Morgan fingerprint density at radius 2 is 2.17 bits per heavy atom. The van der Waals surface area contributed by atoms with Gasteiger partial charge in [-0.15, -0.1) is 0 Å². The van der Waals surface area contributed by atoms with Gasteiger partial charge in [-0.25, -0.2) is 4.98 Å². The van der Waals surface area contributed by atoms with Crippen LogP contribution in [0.15, 0.2) is 37.1 Å². The molecule has 1 N–H and O–H groups in total. The number of amides is 1. The van der Waals surface area contributed by atoms with Crippen LogP contribution in [0, 0.1) is 5.92 Å². The number of aliphatic hydroxyl groups excluding tert-OH is 1. The van der Waals surface area contributed by atoms with E-state index in [0.717, 1.165) is 25.0 Å². The van der Waals surface area contributed by atoms with Gasteiger partial charge < -0.3 is 10.0 Å². The van der Waals surface area contributed by atoms with Crippen molar-refractivity contribution < 1.29 is 9.90 Å². The monoisotopic (exact) mass is 329 g/mol. The van der Waals surface area contributed by atoms with Gasteiger partial charge in [0.25, 0.3) is 0 Å².